The van der Waals surface area contributed by atoms with E-state index in [4.69, 9.17) is 0 Å². The SMILES string of the molecule is CCNCC(=O)NCC(=O)CC. The van der Waals surface area contributed by atoms with Gasteiger partial charge in [0.25, 0.3) is 0 Å². The van der Waals surface area contributed by atoms with Gasteiger partial charge in [0, 0.05) is 6.42 Å². The molecule has 0 saturated carbocycles. The molecule has 4 nitrogen and oxygen atoms in total. The van der Waals surface area contributed by atoms with Crippen LogP contribution in [-0.4, -0.2) is 31.3 Å². The maximum absolute atomic E-state index is 10.9. The molecular formula is C8H16N2O2. The number of rotatable bonds is 6. The molecule has 0 aromatic heterocycles. The molecule has 1 amide bonds. The van der Waals surface area contributed by atoms with E-state index in [1.165, 1.54) is 0 Å². The highest BCUT2D eigenvalue weighted by atomic mass is 16.2. The van der Waals surface area contributed by atoms with Crippen LogP contribution in [0, 0.1) is 0 Å². The summed E-state index contributed by atoms with van der Waals surface area (Å²) >= 11 is 0. The Hall–Kier alpha value is -0.900. The Morgan fingerprint density at radius 3 is 2.33 bits per heavy atom. The monoisotopic (exact) mass is 172 g/mol. The Balaban J connectivity index is 3.37. The van der Waals surface area contributed by atoms with E-state index in [9.17, 15) is 9.59 Å². The Morgan fingerprint density at radius 1 is 1.17 bits per heavy atom. The molecule has 0 unspecified atom stereocenters. The predicted molar refractivity (Wildman–Crippen MR) is 46.9 cm³/mol. The van der Waals surface area contributed by atoms with Gasteiger partial charge in [-0.15, -0.1) is 0 Å². The lowest BCUT2D eigenvalue weighted by atomic mass is 10.3. The molecule has 0 rings (SSSR count). The quantitative estimate of drug-likeness (QED) is 0.578. The van der Waals surface area contributed by atoms with E-state index < -0.39 is 0 Å². The summed E-state index contributed by atoms with van der Waals surface area (Å²) in [6, 6.07) is 0. The molecule has 0 aliphatic heterocycles. The molecule has 0 bridgehead atoms. The van der Waals surface area contributed by atoms with E-state index in [-0.39, 0.29) is 24.8 Å². The second-order valence-electron chi connectivity index (χ2n) is 2.45. The van der Waals surface area contributed by atoms with Crippen LogP contribution in [0.15, 0.2) is 0 Å². The van der Waals surface area contributed by atoms with Crippen molar-refractivity contribution in [2.24, 2.45) is 0 Å². The van der Waals surface area contributed by atoms with Crippen molar-refractivity contribution >= 4 is 11.7 Å². The highest BCUT2D eigenvalue weighted by Crippen LogP contribution is 1.76. The summed E-state index contributed by atoms with van der Waals surface area (Å²) in [4.78, 5) is 21.7. The Kier molecular flexibility index (Phi) is 6.28. The first-order chi connectivity index (χ1) is 5.70. The Morgan fingerprint density at radius 2 is 1.83 bits per heavy atom. The third-order valence-electron chi connectivity index (χ3n) is 1.41. The number of likely N-dealkylation sites (N-methyl/N-ethyl adjacent to an activating group) is 1. The highest BCUT2D eigenvalue weighted by Gasteiger charge is 2.01. The van der Waals surface area contributed by atoms with Crippen LogP contribution in [-0.2, 0) is 9.59 Å². The van der Waals surface area contributed by atoms with Crippen LogP contribution in [0.3, 0.4) is 0 Å². The minimum absolute atomic E-state index is 0.0554. The normalized spacial score (nSPS) is 9.50. The van der Waals surface area contributed by atoms with Crippen LogP contribution in [0.1, 0.15) is 20.3 Å². The van der Waals surface area contributed by atoms with Gasteiger partial charge in [0.15, 0.2) is 5.78 Å². The number of amides is 1. The Bertz CT molecular complexity index is 157. The smallest absolute Gasteiger partial charge is 0.234 e. The molecule has 0 fully saturated rings. The van der Waals surface area contributed by atoms with E-state index in [1.54, 1.807) is 6.92 Å². The van der Waals surface area contributed by atoms with E-state index in [1.807, 2.05) is 6.92 Å². The molecular weight excluding hydrogens is 156 g/mol. The number of hydrogen-bond donors (Lipinski definition) is 2. The van der Waals surface area contributed by atoms with E-state index >= 15 is 0 Å². The van der Waals surface area contributed by atoms with Gasteiger partial charge in [-0.1, -0.05) is 13.8 Å². The van der Waals surface area contributed by atoms with Gasteiger partial charge in [-0.2, -0.15) is 0 Å². The summed E-state index contributed by atoms with van der Waals surface area (Å²) in [5.74, 6) is -0.0708. The van der Waals surface area contributed by atoms with Gasteiger partial charge in [0.1, 0.15) is 0 Å². The fourth-order valence-corrected chi connectivity index (χ4v) is 0.623. The van der Waals surface area contributed by atoms with Gasteiger partial charge in [0.2, 0.25) is 5.91 Å². The van der Waals surface area contributed by atoms with E-state index in [2.05, 4.69) is 10.6 Å². The lowest BCUT2D eigenvalue weighted by Crippen LogP contribution is -2.36. The molecule has 2 N–H and O–H groups in total. The van der Waals surface area contributed by atoms with Crippen molar-refractivity contribution in [2.75, 3.05) is 19.6 Å². The van der Waals surface area contributed by atoms with Crippen molar-refractivity contribution < 1.29 is 9.59 Å². The summed E-state index contributed by atoms with van der Waals surface area (Å²) in [6.45, 7) is 4.90. The minimum Gasteiger partial charge on any atom is -0.348 e. The highest BCUT2D eigenvalue weighted by molar-refractivity contribution is 5.86. The molecule has 0 atom stereocenters. The summed E-state index contributed by atoms with van der Waals surface area (Å²) in [5, 5.41) is 5.38. The second-order valence-corrected chi connectivity index (χ2v) is 2.45. The lowest BCUT2D eigenvalue weighted by Gasteiger charge is -2.02. The number of carbonyl (C=O) groups is 2. The second kappa shape index (κ2) is 6.79. The molecule has 0 aliphatic rings. The topological polar surface area (TPSA) is 58.2 Å². The molecule has 0 aromatic carbocycles. The summed E-state index contributed by atoms with van der Waals surface area (Å²) in [6.07, 6.45) is 0.474. The third-order valence-corrected chi connectivity index (χ3v) is 1.41. The molecule has 70 valence electrons. The molecule has 0 radical (unpaired) electrons. The van der Waals surface area contributed by atoms with Crippen molar-refractivity contribution in [3.05, 3.63) is 0 Å². The number of ketones is 1. The Labute approximate surface area is 72.7 Å². The fourth-order valence-electron chi connectivity index (χ4n) is 0.623. The molecule has 0 heterocycles. The number of nitrogens with one attached hydrogen (secondary N) is 2. The minimum atomic E-state index is -0.126. The molecule has 12 heavy (non-hydrogen) atoms. The zero-order chi connectivity index (χ0) is 9.40. The summed E-state index contributed by atoms with van der Waals surface area (Å²) < 4.78 is 0. The van der Waals surface area contributed by atoms with Crippen molar-refractivity contribution in [1.29, 1.82) is 0 Å². The van der Waals surface area contributed by atoms with Gasteiger partial charge in [0.05, 0.1) is 13.1 Å². The number of Topliss-reactive ketones (excluding diaryl/α,β-unsaturated/α-hetero) is 1. The van der Waals surface area contributed by atoms with Crippen LogP contribution >= 0.6 is 0 Å². The molecule has 0 aliphatic carbocycles. The molecule has 0 saturated heterocycles. The van der Waals surface area contributed by atoms with Crippen LogP contribution in [0.4, 0.5) is 0 Å². The third kappa shape index (κ3) is 5.85. The van der Waals surface area contributed by atoms with Crippen LogP contribution in [0.2, 0.25) is 0 Å². The zero-order valence-electron chi connectivity index (χ0n) is 7.64. The van der Waals surface area contributed by atoms with E-state index in [0.717, 1.165) is 6.54 Å². The van der Waals surface area contributed by atoms with Crippen LogP contribution in [0.25, 0.3) is 0 Å². The maximum atomic E-state index is 10.9. The van der Waals surface area contributed by atoms with Gasteiger partial charge in [-0.3, -0.25) is 9.59 Å². The van der Waals surface area contributed by atoms with Crippen molar-refractivity contribution in [3.8, 4) is 0 Å². The zero-order valence-corrected chi connectivity index (χ0v) is 7.64. The summed E-state index contributed by atoms with van der Waals surface area (Å²) in [7, 11) is 0. The standard InChI is InChI=1S/C8H16N2O2/c1-3-7(11)5-10-8(12)6-9-4-2/h9H,3-6H2,1-2H3,(H,10,12). The van der Waals surface area contributed by atoms with Gasteiger partial charge in [-0.25, -0.2) is 0 Å². The van der Waals surface area contributed by atoms with Gasteiger partial charge >= 0.3 is 0 Å². The molecule has 0 spiro atoms. The summed E-state index contributed by atoms with van der Waals surface area (Å²) in [5.41, 5.74) is 0. The molecule has 4 heteroatoms. The number of hydrogen-bond acceptors (Lipinski definition) is 3. The van der Waals surface area contributed by atoms with Crippen LogP contribution in [0.5, 0.6) is 0 Å². The molecule has 0 aromatic rings. The van der Waals surface area contributed by atoms with Crippen molar-refractivity contribution in [1.82, 2.24) is 10.6 Å². The van der Waals surface area contributed by atoms with Crippen molar-refractivity contribution in [2.45, 2.75) is 20.3 Å². The number of carbonyl (C=O) groups excluding carboxylic acids is 2. The van der Waals surface area contributed by atoms with Gasteiger partial charge in [-0.05, 0) is 6.54 Å². The van der Waals surface area contributed by atoms with Gasteiger partial charge < -0.3 is 10.6 Å². The maximum Gasteiger partial charge on any atom is 0.234 e. The van der Waals surface area contributed by atoms with Crippen LogP contribution < -0.4 is 10.6 Å². The average Bonchev–Trinajstić information content (AvgIpc) is 2.10. The van der Waals surface area contributed by atoms with Crippen molar-refractivity contribution in [3.63, 3.8) is 0 Å². The van der Waals surface area contributed by atoms with E-state index in [0.29, 0.717) is 6.42 Å². The lowest BCUT2D eigenvalue weighted by molar-refractivity contribution is -0.124. The fraction of sp³-hybridized carbons (Fsp3) is 0.750. The predicted octanol–water partition coefficient (Wildman–Crippen LogP) is -0.309. The first-order valence-corrected chi connectivity index (χ1v) is 4.19. The first kappa shape index (κ1) is 11.1. The first-order valence-electron chi connectivity index (χ1n) is 4.19. The average molecular weight is 172 g/mol. The largest absolute Gasteiger partial charge is 0.348 e.